The van der Waals surface area contributed by atoms with Crippen LogP contribution in [0, 0.1) is 5.92 Å². The van der Waals surface area contributed by atoms with Gasteiger partial charge < -0.3 is 14.2 Å². The number of esters is 1. The van der Waals surface area contributed by atoms with E-state index in [0.717, 1.165) is 12.8 Å². The topological polar surface area (TPSA) is 44.8 Å². The first kappa shape index (κ1) is 9.52. The third kappa shape index (κ3) is 1.39. The van der Waals surface area contributed by atoms with Gasteiger partial charge in [-0.25, -0.2) is 4.79 Å². The maximum absolute atomic E-state index is 11.5. The Balaban J connectivity index is 2.21. The molecule has 2 rings (SSSR count). The standard InChI is InChI=1S/C10H14O4/c1-6-8(9(11)12-2)7-4-3-5-13-10(7)14-6/h7,10H,3-5H2,1-2H3. The molecule has 2 aliphatic heterocycles. The quantitative estimate of drug-likeness (QED) is 0.594. The molecule has 14 heavy (non-hydrogen) atoms. The molecule has 4 heteroatoms. The molecule has 0 bridgehead atoms. The van der Waals surface area contributed by atoms with Crippen LogP contribution in [-0.4, -0.2) is 26.0 Å². The van der Waals surface area contributed by atoms with Gasteiger partial charge in [0.15, 0.2) is 0 Å². The van der Waals surface area contributed by atoms with Crippen molar-refractivity contribution in [3.05, 3.63) is 11.3 Å². The predicted octanol–water partition coefficient (Wildman–Crippen LogP) is 1.22. The van der Waals surface area contributed by atoms with Gasteiger partial charge >= 0.3 is 5.97 Å². The van der Waals surface area contributed by atoms with Gasteiger partial charge in [0.2, 0.25) is 6.29 Å². The maximum atomic E-state index is 11.5. The van der Waals surface area contributed by atoms with Crippen molar-refractivity contribution in [2.24, 2.45) is 5.92 Å². The van der Waals surface area contributed by atoms with E-state index < -0.39 is 0 Å². The second-order valence-electron chi connectivity index (χ2n) is 3.57. The van der Waals surface area contributed by atoms with Gasteiger partial charge in [-0.1, -0.05) is 0 Å². The number of methoxy groups -OCH3 is 1. The van der Waals surface area contributed by atoms with Crippen LogP contribution >= 0.6 is 0 Å². The third-order valence-corrected chi connectivity index (χ3v) is 2.72. The molecule has 4 nitrogen and oxygen atoms in total. The van der Waals surface area contributed by atoms with Crippen LogP contribution in [0.2, 0.25) is 0 Å². The lowest BCUT2D eigenvalue weighted by Gasteiger charge is -2.25. The highest BCUT2D eigenvalue weighted by Crippen LogP contribution is 2.37. The molecular formula is C10H14O4. The molecule has 0 N–H and O–H groups in total. The first-order chi connectivity index (χ1) is 6.74. The molecule has 0 radical (unpaired) electrons. The summed E-state index contributed by atoms with van der Waals surface area (Å²) in [5.74, 6) is 0.422. The summed E-state index contributed by atoms with van der Waals surface area (Å²) >= 11 is 0. The van der Waals surface area contributed by atoms with Crippen molar-refractivity contribution < 1.29 is 19.0 Å². The number of ether oxygens (including phenoxy) is 3. The van der Waals surface area contributed by atoms with Crippen molar-refractivity contribution in [2.75, 3.05) is 13.7 Å². The summed E-state index contributed by atoms with van der Waals surface area (Å²) in [6.07, 6.45) is 1.64. The van der Waals surface area contributed by atoms with Crippen molar-refractivity contribution in [3.8, 4) is 0 Å². The summed E-state index contributed by atoms with van der Waals surface area (Å²) in [7, 11) is 1.39. The average Bonchev–Trinajstić information content (AvgIpc) is 2.53. The Bertz CT molecular complexity index is 282. The first-order valence-electron chi connectivity index (χ1n) is 4.81. The molecule has 0 saturated carbocycles. The van der Waals surface area contributed by atoms with Gasteiger partial charge in [-0.05, 0) is 19.8 Å². The predicted molar refractivity (Wildman–Crippen MR) is 48.3 cm³/mol. The van der Waals surface area contributed by atoms with E-state index in [-0.39, 0.29) is 18.2 Å². The minimum Gasteiger partial charge on any atom is -0.468 e. The molecule has 1 fully saturated rings. The molecule has 0 amide bonds. The maximum Gasteiger partial charge on any atom is 0.337 e. The molecule has 1 saturated heterocycles. The van der Waals surface area contributed by atoms with E-state index in [0.29, 0.717) is 17.9 Å². The van der Waals surface area contributed by atoms with Gasteiger partial charge in [0, 0.05) is 0 Å². The highest BCUT2D eigenvalue weighted by molar-refractivity contribution is 5.90. The SMILES string of the molecule is COC(=O)C1=C(C)OC2OCCCC12. The van der Waals surface area contributed by atoms with Crippen LogP contribution in [0.25, 0.3) is 0 Å². The monoisotopic (exact) mass is 198 g/mol. The Labute approximate surface area is 82.8 Å². The normalized spacial score (nSPS) is 31.0. The van der Waals surface area contributed by atoms with Crippen molar-refractivity contribution in [2.45, 2.75) is 26.1 Å². The summed E-state index contributed by atoms with van der Waals surface area (Å²) in [6, 6.07) is 0. The molecule has 2 aliphatic rings. The van der Waals surface area contributed by atoms with E-state index in [1.165, 1.54) is 7.11 Å². The lowest BCUT2D eigenvalue weighted by molar-refractivity contribution is -0.149. The highest BCUT2D eigenvalue weighted by Gasteiger charge is 2.41. The molecule has 78 valence electrons. The van der Waals surface area contributed by atoms with Crippen LogP contribution in [0.5, 0.6) is 0 Å². The number of rotatable bonds is 1. The van der Waals surface area contributed by atoms with Crippen molar-refractivity contribution in [3.63, 3.8) is 0 Å². The van der Waals surface area contributed by atoms with E-state index in [1.54, 1.807) is 6.92 Å². The molecule has 2 heterocycles. The molecule has 0 aliphatic carbocycles. The van der Waals surface area contributed by atoms with Crippen molar-refractivity contribution in [1.29, 1.82) is 0 Å². The average molecular weight is 198 g/mol. The summed E-state index contributed by atoms with van der Waals surface area (Å²) in [5, 5.41) is 0. The zero-order valence-electron chi connectivity index (χ0n) is 8.41. The second-order valence-corrected chi connectivity index (χ2v) is 3.57. The van der Waals surface area contributed by atoms with Crippen LogP contribution in [0.4, 0.5) is 0 Å². The number of carbonyl (C=O) groups is 1. The number of hydrogen-bond acceptors (Lipinski definition) is 4. The highest BCUT2D eigenvalue weighted by atomic mass is 16.7. The van der Waals surface area contributed by atoms with Crippen LogP contribution in [0.15, 0.2) is 11.3 Å². The van der Waals surface area contributed by atoms with Crippen LogP contribution in [0.3, 0.4) is 0 Å². The fourth-order valence-corrected chi connectivity index (χ4v) is 2.06. The molecule has 2 atom stereocenters. The minimum absolute atomic E-state index is 0.0659. The first-order valence-corrected chi connectivity index (χ1v) is 4.81. The molecule has 0 spiro atoms. The molecule has 0 aromatic carbocycles. The van der Waals surface area contributed by atoms with Crippen molar-refractivity contribution >= 4 is 5.97 Å². The fraction of sp³-hybridized carbons (Fsp3) is 0.700. The number of hydrogen-bond donors (Lipinski definition) is 0. The Hall–Kier alpha value is -1.03. The Kier molecular flexibility index (Phi) is 2.46. The zero-order chi connectivity index (χ0) is 10.1. The van der Waals surface area contributed by atoms with E-state index in [4.69, 9.17) is 14.2 Å². The minimum atomic E-state index is -0.291. The van der Waals surface area contributed by atoms with Gasteiger partial charge in [-0.15, -0.1) is 0 Å². The number of fused-ring (bicyclic) bond motifs is 1. The zero-order valence-corrected chi connectivity index (χ0v) is 8.41. The molecule has 0 aromatic heterocycles. The van der Waals surface area contributed by atoms with E-state index in [1.807, 2.05) is 0 Å². The van der Waals surface area contributed by atoms with E-state index in [9.17, 15) is 4.79 Å². The lowest BCUT2D eigenvalue weighted by Crippen LogP contribution is -2.29. The van der Waals surface area contributed by atoms with E-state index in [2.05, 4.69) is 0 Å². The number of carbonyl (C=O) groups excluding carboxylic acids is 1. The Morgan fingerprint density at radius 2 is 2.36 bits per heavy atom. The Morgan fingerprint density at radius 1 is 1.57 bits per heavy atom. The molecule has 0 aromatic rings. The second kappa shape index (κ2) is 3.61. The smallest absolute Gasteiger partial charge is 0.337 e. The summed E-state index contributed by atoms with van der Waals surface area (Å²) in [6.45, 7) is 2.50. The van der Waals surface area contributed by atoms with Crippen LogP contribution < -0.4 is 0 Å². The van der Waals surface area contributed by atoms with Crippen LogP contribution in [0.1, 0.15) is 19.8 Å². The molecule has 2 unspecified atom stereocenters. The van der Waals surface area contributed by atoms with Gasteiger partial charge in [-0.3, -0.25) is 0 Å². The van der Waals surface area contributed by atoms with Gasteiger partial charge in [-0.2, -0.15) is 0 Å². The Morgan fingerprint density at radius 3 is 3.07 bits per heavy atom. The summed E-state index contributed by atoms with van der Waals surface area (Å²) in [5.41, 5.74) is 0.650. The molecular weight excluding hydrogens is 184 g/mol. The van der Waals surface area contributed by atoms with Gasteiger partial charge in [0.25, 0.3) is 0 Å². The largest absolute Gasteiger partial charge is 0.468 e. The van der Waals surface area contributed by atoms with Crippen LogP contribution in [-0.2, 0) is 19.0 Å². The van der Waals surface area contributed by atoms with E-state index >= 15 is 0 Å². The number of allylic oxidation sites excluding steroid dienone is 1. The fourth-order valence-electron chi connectivity index (χ4n) is 2.06. The third-order valence-electron chi connectivity index (χ3n) is 2.72. The van der Waals surface area contributed by atoms with Crippen molar-refractivity contribution in [1.82, 2.24) is 0 Å². The summed E-state index contributed by atoms with van der Waals surface area (Å²) in [4.78, 5) is 11.5. The lowest BCUT2D eigenvalue weighted by atomic mass is 9.93. The van der Waals surface area contributed by atoms with Gasteiger partial charge in [0.1, 0.15) is 5.76 Å². The summed E-state index contributed by atoms with van der Waals surface area (Å²) < 4.78 is 15.6. The van der Waals surface area contributed by atoms with Gasteiger partial charge in [0.05, 0.1) is 25.2 Å².